The number of anilines is 1. The fourth-order valence-corrected chi connectivity index (χ4v) is 4.15. The molecule has 0 saturated carbocycles. The monoisotopic (exact) mass is 403 g/mol. The minimum atomic E-state index is -0.0547. The Bertz CT molecular complexity index is 816. The second-order valence-corrected chi connectivity index (χ2v) is 7.65. The zero-order valence-corrected chi connectivity index (χ0v) is 15.7. The van der Waals surface area contributed by atoms with Crippen LogP contribution in [0.3, 0.4) is 0 Å². The molecule has 1 saturated heterocycles. The van der Waals surface area contributed by atoms with E-state index in [1.54, 1.807) is 4.90 Å². The lowest BCUT2D eigenvalue weighted by atomic mass is 10.1. The van der Waals surface area contributed by atoms with Gasteiger partial charge in [-0.05, 0) is 41.8 Å². The van der Waals surface area contributed by atoms with Crippen molar-refractivity contribution in [1.29, 1.82) is 0 Å². The van der Waals surface area contributed by atoms with Crippen molar-refractivity contribution in [1.82, 2.24) is 0 Å². The summed E-state index contributed by atoms with van der Waals surface area (Å²) in [5, 5.41) is 0. The molecule has 0 radical (unpaired) electrons. The average Bonchev–Trinajstić information content (AvgIpc) is 2.81. The van der Waals surface area contributed by atoms with Crippen LogP contribution in [0.15, 0.2) is 57.9 Å². The van der Waals surface area contributed by atoms with Crippen molar-refractivity contribution < 1.29 is 4.79 Å². The van der Waals surface area contributed by atoms with Crippen LogP contribution in [0.1, 0.15) is 18.1 Å². The predicted octanol–water partition coefficient (Wildman–Crippen LogP) is 5.42. The molecule has 1 heterocycles. The number of hydrogen-bond donors (Lipinski definition) is 0. The first-order valence-electron chi connectivity index (χ1n) is 7.21. The van der Waals surface area contributed by atoms with Crippen molar-refractivity contribution in [2.24, 2.45) is 0 Å². The van der Waals surface area contributed by atoms with Crippen molar-refractivity contribution in [2.45, 2.75) is 13.3 Å². The molecule has 2 aromatic rings. The topological polar surface area (TPSA) is 20.3 Å². The highest BCUT2D eigenvalue weighted by molar-refractivity contribution is 9.10. The number of carbonyl (C=O) groups is 1. The van der Waals surface area contributed by atoms with E-state index in [1.165, 1.54) is 11.8 Å². The lowest BCUT2D eigenvalue weighted by Crippen LogP contribution is -2.28. The molecule has 23 heavy (non-hydrogen) atoms. The molecule has 1 amide bonds. The smallest absolute Gasteiger partial charge is 0.268 e. The van der Waals surface area contributed by atoms with Gasteiger partial charge >= 0.3 is 0 Å². The van der Waals surface area contributed by atoms with Crippen molar-refractivity contribution in [2.75, 3.05) is 4.90 Å². The maximum absolute atomic E-state index is 12.8. The van der Waals surface area contributed by atoms with Crippen LogP contribution >= 0.6 is 39.9 Å². The molecule has 2 aromatic carbocycles. The number of nitrogens with zero attached hydrogens (tertiary/aromatic N) is 1. The molecule has 116 valence electrons. The number of thioether (sulfide) groups is 1. The number of halogens is 1. The van der Waals surface area contributed by atoms with Gasteiger partial charge in [-0.25, -0.2) is 0 Å². The van der Waals surface area contributed by atoms with Gasteiger partial charge in [0.25, 0.3) is 5.91 Å². The van der Waals surface area contributed by atoms with Crippen LogP contribution in [-0.4, -0.2) is 10.2 Å². The zero-order chi connectivity index (χ0) is 16.4. The maximum Gasteiger partial charge on any atom is 0.270 e. The Labute approximate surface area is 153 Å². The Kier molecular flexibility index (Phi) is 4.99. The van der Waals surface area contributed by atoms with E-state index in [9.17, 15) is 4.79 Å². The predicted molar refractivity (Wildman–Crippen MR) is 106 cm³/mol. The van der Waals surface area contributed by atoms with E-state index in [-0.39, 0.29) is 5.91 Å². The van der Waals surface area contributed by atoms with Gasteiger partial charge in [0.1, 0.15) is 0 Å². The number of amides is 1. The number of para-hydroxylation sites is 1. The van der Waals surface area contributed by atoms with E-state index in [4.69, 9.17) is 12.2 Å². The summed E-state index contributed by atoms with van der Waals surface area (Å²) >= 11 is 10.2. The highest BCUT2D eigenvalue weighted by Crippen LogP contribution is 2.37. The van der Waals surface area contributed by atoms with Gasteiger partial charge in [0.2, 0.25) is 0 Å². The molecule has 1 fully saturated rings. The first-order valence-corrected chi connectivity index (χ1v) is 9.23. The second-order valence-electron chi connectivity index (χ2n) is 5.05. The molecule has 0 N–H and O–H groups in total. The van der Waals surface area contributed by atoms with Gasteiger partial charge in [-0.15, -0.1) is 0 Å². The van der Waals surface area contributed by atoms with Gasteiger partial charge in [0.15, 0.2) is 4.32 Å². The largest absolute Gasteiger partial charge is 0.270 e. The molecule has 0 bridgehead atoms. The zero-order valence-electron chi connectivity index (χ0n) is 12.5. The van der Waals surface area contributed by atoms with E-state index in [2.05, 4.69) is 22.9 Å². The quantitative estimate of drug-likeness (QED) is 0.504. The first-order chi connectivity index (χ1) is 11.1. The van der Waals surface area contributed by atoms with Crippen molar-refractivity contribution in [3.63, 3.8) is 0 Å². The van der Waals surface area contributed by atoms with E-state index in [0.717, 1.165) is 27.7 Å². The third-order valence-corrected chi connectivity index (χ3v) is 5.35. The van der Waals surface area contributed by atoms with E-state index in [1.807, 2.05) is 54.6 Å². The summed E-state index contributed by atoms with van der Waals surface area (Å²) in [6, 6.07) is 15.8. The summed E-state index contributed by atoms with van der Waals surface area (Å²) in [7, 11) is 0. The molecule has 0 aliphatic carbocycles. The summed E-state index contributed by atoms with van der Waals surface area (Å²) < 4.78 is 1.57. The van der Waals surface area contributed by atoms with Gasteiger partial charge in [-0.3, -0.25) is 9.69 Å². The fraction of sp³-hybridized carbons (Fsp3) is 0.111. The van der Waals surface area contributed by atoms with Crippen LogP contribution < -0.4 is 4.90 Å². The van der Waals surface area contributed by atoms with Crippen LogP contribution in [0.4, 0.5) is 5.69 Å². The van der Waals surface area contributed by atoms with Crippen LogP contribution in [0.5, 0.6) is 0 Å². The second kappa shape index (κ2) is 6.99. The van der Waals surface area contributed by atoms with Gasteiger partial charge in [-0.1, -0.05) is 77.2 Å². The molecular weight excluding hydrogens is 390 g/mol. The minimum Gasteiger partial charge on any atom is -0.268 e. The molecule has 0 unspecified atom stereocenters. The average molecular weight is 404 g/mol. The Morgan fingerprint density at radius 1 is 1.22 bits per heavy atom. The van der Waals surface area contributed by atoms with Crippen molar-refractivity contribution >= 4 is 61.9 Å². The third-order valence-electron chi connectivity index (χ3n) is 3.55. The summed E-state index contributed by atoms with van der Waals surface area (Å²) in [5.74, 6) is -0.0547. The molecule has 3 rings (SSSR count). The summed E-state index contributed by atoms with van der Waals surface area (Å²) in [4.78, 5) is 15.1. The number of aryl methyl sites for hydroxylation is 1. The summed E-state index contributed by atoms with van der Waals surface area (Å²) in [5.41, 5.74) is 2.98. The number of benzene rings is 2. The summed E-state index contributed by atoms with van der Waals surface area (Å²) in [6.45, 7) is 2.08. The van der Waals surface area contributed by atoms with Gasteiger partial charge in [-0.2, -0.15) is 0 Å². The molecule has 0 aromatic heterocycles. The molecule has 2 nitrogen and oxygen atoms in total. The van der Waals surface area contributed by atoms with Crippen LogP contribution in [-0.2, 0) is 11.2 Å². The summed E-state index contributed by atoms with van der Waals surface area (Å²) in [6.07, 6.45) is 2.75. The van der Waals surface area contributed by atoms with Gasteiger partial charge < -0.3 is 0 Å². The lowest BCUT2D eigenvalue weighted by molar-refractivity contribution is -0.113. The lowest BCUT2D eigenvalue weighted by Gasteiger charge is -2.18. The number of rotatable bonds is 3. The van der Waals surface area contributed by atoms with Crippen LogP contribution in [0.2, 0.25) is 0 Å². The van der Waals surface area contributed by atoms with Gasteiger partial charge in [0.05, 0.1) is 10.6 Å². The highest BCUT2D eigenvalue weighted by atomic mass is 79.9. The van der Waals surface area contributed by atoms with Crippen LogP contribution in [0, 0.1) is 0 Å². The SMILES string of the molecule is CCc1ccccc1N1C(=O)/C(=C/c2cccc(Br)c2)SC1=S. The fourth-order valence-electron chi connectivity index (χ4n) is 2.45. The molecular formula is C18H14BrNOS2. The highest BCUT2D eigenvalue weighted by Gasteiger charge is 2.34. The van der Waals surface area contributed by atoms with E-state index < -0.39 is 0 Å². The standard InChI is InChI=1S/C18H14BrNOS2/c1-2-13-7-3-4-9-15(13)20-17(21)16(23-18(20)22)11-12-6-5-8-14(19)10-12/h3-11H,2H2,1H3/b16-11-. The maximum atomic E-state index is 12.8. The molecule has 0 atom stereocenters. The molecule has 1 aliphatic rings. The number of thiocarbonyl (C=S) groups is 1. The van der Waals surface area contributed by atoms with Gasteiger partial charge in [0, 0.05) is 4.47 Å². The number of carbonyl (C=O) groups excluding carboxylic acids is 1. The van der Waals surface area contributed by atoms with Crippen molar-refractivity contribution in [3.05, 3.63) is 69.0 Å². The Balaban J connectivity index is 1.97. The Hall–Kier alpha value is -1.43. The minimum absolute atomic E-state index is 0.0547. The first kappa shape index (κ1) is 16.4. The van der Waals surface area contributed by atoms with Crippen LogP contribution in [0.25, 0.3) is 6.08 Å². The van der Waals surface area contributed by atoms with E-state index >= 15 is 0 Å². The normalized spacial score (nSPS) is 16.4. The molecule has 0 spiro atoms. The Morgan fingerprint density at radius 2 is 2.00 bits per heavy atom. The number of hydrogen-bond acceptors (Lipinski definition) is 3. The van der Waals surface area contributed by atoms with E-state index in [0.29, 0.717) is 9.23 Å². The van der Waals surface area contributed by atoms with Crippen molar-refractivity contribution in [3.8, 4) is 0 Å². The molecule has 1 aliphatic heterocycles. The molecule has 5 heteroatoms. The Morgan fingerprint density at radius 3 is 2.74 bits per heavy atom. The third kappa shape index (κ3) is 3.42.